The van der Waals surface area contributed by atoms with Gasteiger partial charge in [0.15, 0.2) is 0 Å². The van der Waals surface area contributed by atoms with Gasteiger partial charge in [0, 0.05) is 4.88 Å². The second kappa shape index (κ2) is 5.26. The van der Waals surface area contributed by atoms with Crippen molar-refractivity contribution in [3.63, 3.8) is 0 Å². The zero-order valence-electron chi connectivity index (χ0n) is 13.2. The number of hydrogen-bond acceptors (Lipinski definition) is 5. The van der Waals surface area contributed by atoms with Gasteiger partial charge in [-0.3, -0.25) is 9.36 Å². The lowest BCUT2D eigenvalue weighted by molar-refractivity contribution is -0.158. The summed E-state index contributed by atoms with van der Waals surface area (Å²) in [4.78, 5) is 30.8. The highest BCUT2D eigenvalue weighted by atomic mass is 32.1. The molecule has 0 aliphatic rings. The predicted molar refractivity (Wildman–Crippen MR) is 83.9 cm³/mol. The van der Waals surface area contributed by atoms with Crippen LogP contribution in [0.1, 0.15) is 44.2 Å². The maximum atomic E-state index is 12.6. The summed E-state index contributed by atoms with van der Waals surface area (Å²) in [6.07, 6.45) is 1.43. The molecule has 2 aromatic heterocycles. The summed E-state index contributed by atoms with van der Waals surface area (Å²) < 4.78 is 6.68. The third-order valence-electron chi connectivity index (χ3n) is 3.28. The first-order valence-electron chi connectivity index (χ1n) is 6.81. The highest BCUT2D eigenvalue weighted by molar-refractivity contribution is 7.18. The summed E-state index contributed by atoms with van der Waals surface area (Å²) in [6.45, 7) is 10.9. The Morgan fingerprint density at radius 2 is 2.00 bits per heavy atom. The normalized spacial score (nSPS) is 13.4. The standard InChI is InChI=1S/C15H20N2O3S/c1-8-10(3)21-12-11(8)13(18)17(7-16-12)9(2)14(19)20-15(4,5)6/h7,9H,1-6H3. The van der Waals surface area contributed by atoms with Crippen molar-refractivity contribution in [3.8, 4) is 0 Å². The van der Waals surface area contributed by atoms with Crippen molar-refractivity contribution in [1.82, 2.24) is 9.55 Å². The molecule has 5 nitrogen and oxygen atoms in total. The highest BCUT2D eigenvalue weighted by Crippen LogP contribution is 2.26. The Bertz CT molecular complexity index is 753. The Balaban J connectivity index is 2.48. The summed E-state index contributed by atoms with van der Waals surface area (Å²) >= 11 is 1.49. The molecule has 0 fully saturated rings. The van der Waals surface area contributed by atoms with E-state index in [1.807, 2.05) is 13.8 Å². The molecule has 0 amide bonds. The van der Waals surface area contributed by atoms with Gasteiger partial charge in [-0.05, 0) is 47.1 Å². The van der Waals surface area contributed by atoms with Gasteiger partial charge in [0.25, 0.3) is 5.56 Å². The summed E-state index contributed by atoms with van der Waals surface area (Å²) in [5.74, 6) is -0.435. The molecule has 114 valence electrons. The molecule has 21 heavy (non-hydrogen) atoms. The Hall–Kier alpha value is -1.69. The van der Waals surface area contributed by atoms with E-state index >= 15 is 0 Å². The first-order chi connectivity index (χ1) is 9.61. The van der Waals surface area contributed by atoms with Crippen LogP contribution in [0.4, 0.5) is 0 Å². The number of hydrogen-bond donors (Lipinski definition) is 0. The minimum atomic E-state index is -0.701. The van der Waals surface area contributed by atoms with Crippen LogP contribution in [0.25, 0.3) is 10.2 Å². The smallest absolute Gasteiger partial charge is 0.329 e. The average Bonchev–Trinajstić information content (AvgIpc) is 2.63. The molecule has 0 bridgehead atoms. The van der Waals surface area contributed by atoms with Crippen LogP contribution in [-0.2, 0) is 9.53 Å². The number of rotatable bonds is 2. The van der Waals surface area contributed by atoms with Gasteiger partial charge < -0.3 is 4.74 Å². The lowest BCUT2D eigenvalue weighted by Crippen LogP contribution is -2.33. The zero-order chi connectivity index (χ0) is 15.9. The Kier molecular flexibility index (Phi) is 3.93. The molecule has 0 aromatic carbocycles. The zero-order valence-corrected chi connectivity index (χ0v) is 14.0. The summed E-state index contributed by atoms with van der Waals surface area (Å²) in [6, 6.07) is -0.701. The molecule has 0 aliphatic carbocycles. The van der Waals surface area contributed by atoms with Crippen molar-refractivity contribution >= 4 is 27.5 Å². The predicted octanol–water partition coefficient (Wildman–Crippen LogP) is 2.98. The number of aryl methyl sites for hydroxylation is 2. The molecule has 6 heteroatoms. The van der Waals surface area contributed by atoms with E-state index in [1.54, 1.807) is 27.7 Å². The number of ether oxygens (including phenoxy) is 1. The van der Waals surface area contributed by atoms with Crippen LogP contribution in [0.5, 0.6) is 0 Å². The van der Waals surface area contributed by atoms with Crippen molar-refractivity contribution < 1.29 is 9.53 Å². The Morgan fingerprint density at radius 1 is 1.38 bits per heavy atom. The summed E-state index contributed by atoms with van der Waals surface area (Å²) in [7, 11) is 0. The van der Waals surface area contributed by atoms with Crippen molar-refractivity contribution in [2.24, 2.45) is 0 Å². The second-order valence-corrected chi connectivity index (χ2v) is 7.33. The maximum Gasteiger partial charge on any atom is 0.329 e. The fraction of sp³-hybridized carbons (Fsp3) is 0.533. The molecule has 1 unspecified atom stereocenters. The van der Waals surface area contributed by atoms with Crippen LogP contribution in [0.15, 0.2) is 11.1 Å². The molecule has 1 atom stereocenters. The number of carbonyl (C=O) groups is 1. The number of aromatic nitrogens is 2. The highest BCUT2D eigenvalue weighted by Gasteiger charge is 2.25. The molecule has 0 saturated heterocycles. The van der Waals surface area contributed by atoms with E-state index in [-0.39, 0.29) is 5.56 Å². The van der Waals surface area contributed by atoms with Gasteiger partial charge in [0.2, 0.25) is 0 Å². The van der Waals surface area contributed by atoms with Crippen molar-refractivity contribution in [3.05, 3.63) is 27.1 Å². The topological polar surface area (TPSA) is 61.2 Å². The van der Waals surface area contributed by atoms with Crippen LogP contribution in [0.2, 0.25) is 0 Å². The third-order valence-corrected chi connectivity index (χ3v) is 4.39. The minimum Gasteiger partial charge on any atom is -0.458 e. The first-order valence-corrected chi connectivity index (χ1v) is 7.63. The van der Waals surface area contributed by atoms with Crippen molar-refractivity contribution in [2.45, 2.75) is 53.2 Å². The van der Waals surface area contributed by atoms with Crippen LogP contribution in [0, 0.1) is 13.8 Å². The molecular formula is C15H20N2O3S. The molecule has 0 N–H and O–H groups in total. The van der Waals surface area contributed by atoms with E-state index < -0.39 is 17.6 Å². The van der Waals surface area contributed by atoms with Gasteiger partial charge in [0.1, 0.15) is 16.5 Å². The third kappa shape index (κ3) is 3.00. The number of esters is 1. The van der Waals surface area contributed by atoms with Gasteiger partial charge in [-0.25, -0.2) is 9.78 Å². The number of fused-ring (bicyclic) bond motifs is 1. The van der Waals surface area contributed by atoms with Gasteiger partial charge in [-0.15, -0.1) is 11.3 Å². The first kappa shape index (κ1) is 15.7. The number of carbonyl (C=O) groups excluding carboxylic acids is 1. The van der Waals surface area contributed by atoms with E-state index in [0.717, 1.165) is 10.4 Å². The minimum absolute atomic E-state index is 0.194. The van der Waals surface area contributed by atoms with Crippen LogP contribution in [-0.4, -0.2) is 21.1 Å². The molecule has 0 radical (unpaired) electrons. The van der Waals surface area contributed by atoms with E-state index in [2.05, 4.69) is 4.98 Å². The van der Waals surface area contributed by atoms with Crippen LogP contribution in [0.3, 0.4) is 0 Å². The van der Waals surface area contributed by atoms with E-state index in [1.165, 1.54) is 22.2 Å². The molecular weight excluding hydrogens is 288 g/mol. The van der Waals surface area contributed by atoms with Crippen molar-refractivity contribution in [2.75, 3.05) is 0 Å². The van der Waals surface area contributed by atoms with Crippen LogP contribution >= 0.6 is 11.3 Å². The lowest BCUT2D eigenvalue weighted by Gasteiger charge is -2.23. The monoisotopic (exact) mass is 308 g/mol. The lowest BCUT2D eigenvalue weighted by atomic mass is 10.2. The van der Waals surface area contributed by atoms with E-state index in [9.17, 15) is 9.59 Å². The number of thiophene rings is 1. The molecule has 2 heterocycles. The molecule has 0 spiro atoms. The SMILES string of the molecule is Cc1sc2ncn(C(C)C(=O)OC(C)(C)C)c(=O)c2c1C. The number of nitrogens with zero attached hydrogens (tertiary/aromatic N) is 2. The second-order valence-electron chi connectivity index (χ2n) is 6.13. The molecule has 2 rings (SSSR count). The molecule has 2 aromatic rings. The maximum absolute atomic E-state index is 12.6. The van der Waals surface area contributed by atoms with Gasteiger partial charge >= 0.3 is 5.97 Å². The fourth-order valence-electron chi connectivity index (χ4n) is 2.02. The van der Waals surface area contributed by atoms with Gasteiger partial charge in [0.05, 0.1) is 11.7 Å². The van der Waals surface area contributed by atoms with Gasteiger partial charge in [-0.2, -0.15) is 0 Å². The largest absolute Gasteiger partial charge is 0.458 e. The Morgan fingerprint density at radius 3 is 2.57 bits per heavy atom. The Labute approximate surface area is 127 Å². The van der Waals surface area contributed by atoms with Crippen LogP contribution < -0.4 is 5.56 Å². The molecule has 0 aliphatic heterocycles. The average molecular weight is 308 g/mol. The quantitative estimate of drug-likeness (QED) is 0.800. The summed E-state index contributed by atoms with van der Waals surface area (Å²) in [5.41, 5.74) is 0.153. The summed E-state index contributed by atoms with van der Waals surface area (Å²) in [5, 5.41) is 0.593. The van der Waals surface area contributed by atoms with Crippen molar-refractivity contribution in [1.29, 1.82) is 0 Å². The van der Waals surface area contributed by atoms with E-state index in [4.69, 9.17) is 4.74 Å². The molecule has 0 saturated carbocycles. The fourth-order valence-corrected chi connectivity index (χ4v) is 3.01. The van der Waals surface area contributed by atoms with E-state index in [0.29, 0.717) is 10.2 Å². The van der Waals surface area contributed by atoms with Gasteiger partial charge in [-0.1, -0.05) is 0 Å².